The Balaban J connectivity index is 1.90. The van der Waals surface area contributed by atoms with E-state index in [1.54, 1.807) is 55.7 Å². The van der Waals surface area contributed by atoms with Crippen molar-refractivity contribution < 1.29 is 14.3 Å². The fourth-order valence-electron chi connectivity index (χ4n) is 3.85. The molecule has 37 heavy (non-hydrogen) atoms. The molecule has 4 aromatic rings. The Bertz CT molecular complexity index is 1630. The van der Waals surface area contributed by atoms with Crippen LogP contribution in [0.2, 0.25) is 0 Å². The first-order chi connectivity index (χ1) is 18.0. The smallest absolute Gasteiger partial charge is 0.273 e. The van der Waals surface area contributed by atoms with Gasteiger partial charge in [-0.1, -0.05) is 54.6 Å². The van der Waals surface area contributed by atoms with Crippen LogP contribution in [-0.2, 0) is 4.79 Å². The van der Waals surface area contributed by atoms with Crippen molar-refractivity contribution in [3.05, 3.63) is 110 Å². The summed E-state index contributed by atoms with van der Waals surface area (Å²) in [5.74, 6) is 0.537. The number of amides is 1. The van der Waals surface area contributed by atoms with Crippen LogP contribution >= 0.6 is 11.3 Å². The molecule has 0 fully saturated rings. The van der Waals surface area contributed by atoms with Gasteiger partial charge >= 0.3 is 0 Å². The number of thiazole rings is 1. The average molecular weight is 512 g/mol. The van der Waals surface area contributed by atoms with Gasteiger partial charge in [0.2, 0.25) is 0 Å². The summed E-state index contributed by atoms with van der Waals surface area (Å²) in [6.45, 7) is 1.84. The minimum Gasteiger partial charge on any atom is -0.493 e. The fourth-order valence-corrected chi connectivity index (χ4v) is 4.95. The number of methoxy groups -OCH3 is 2. The molecule has 0 aliphatic rings. The highest BCUT2D eigenvalue weighted by molar-refractivity contribution is 7.07. The molecule has 1 atom stereocenters. The summed E-state index contributed by atoms with van der Waals surface area (Å²) in [4.78, 5) is 26.8. The van der Waals surface area contributed by atoms with Crippen molar-refractivity contribution in [1.82, 2.24) is 9.88 Å². The summed E-state index contributed by atoms with van der Waals surface area (Å²) in [6, 6.07) is 25.4. The lowest BCUT2D eigenvalue weighted by Crippen LogP contribution is -2.34. The molecular formula is C29H25N3O4S. The highest BCUT2D eigenvalue weighted by atomic mass is 32.1. The minimum atomic E-state index is -0.553. The van der Waals surface area contributed by atoms with E-state index in [4.69, 9.17) is 9.47 Å². The van der Waals surface area contributed by atoms with Gasteiger partial charge in [0, 0.05) is 0 Å². The first-order valence-corrected chi connectivity index (χ1v) is 12.3. The van der Waals surface area contributed by atoms with Gasteiger partial charge in [-0.3, -0.25) is 14.2 Å². The van der Waals surface area contributed by atoms with Gasteiger partial charge in [0.1, 0.15) is 10.7 Å². The third-order valence-corrected chi connectivity index (χ3v) is 6.84. The topological polar surface area (TPSA) is 93.4 Å². The molecule has 186 valence electrons. The lowest BCUT2D eigenvalue weighted by atomic mass is 10.1. The van der Waals surface area contributed by atoms with Gasteiger partial charge in [-0.15, -0.1) is 11.3 Å². The second kappa shape index (κ2) is 11.4. The summed E-state index contributed by atoms with van der Waals surface area (Å²) in [5.41, 5.74) is 1.70. The lowest BCUT2D eigenvalue weighted by molar-refractivity contribution is -0.116. The number of rotatable bonds is 7. The Hall–Kier alpha value is -4.61. The summed E-state index contributed by atoms with van der Waals surface area (Å²) in [5, 5.41) is 12.9. The molecule has 4 rings (SSSR count). The molecule has 1 aromatic heterocycles. The molecule has 0 spiro atoms. The molecule has 1 unspecified atom stereocenters. The van der Waals surface area contributed by atoms with Crippen LogP contribution in [0, 0.1) is 11.3 Å². The number of carbonyl (C=O) groups excluding carboxylic acids is 1. The van der Waals surface area contributed by atoms with Crippen LogP contribution < -0.4 is 29.5 Å². The quantitative estimate of drug-likeness (QED) is 0.411. The van der Waals surface area contributed by atoms with Crippen LogP contribution in [0.4, 0.5) is 0 Å². The van der Waals surface area contributed by atoms with E-state index in [2.05, 4.69) is 5.32 Å². The number of ether oxygens (including phenoxy) is 2. The van der Waals surface area contributed by atoms with E-state index in [1.807, 2.05) is 49.4 Å². The van der Waals surface area contributed by atoms with Crippen LogP contribution in [0.1, 0.15) is 24.1 Å². The molecule has 0 saturated carbocycles. The van der Waals surface area contributed by atoms with Crippen molar-refractivity contribution in [2.45, 2.75) is 13.0 Å². The number of hydrogen-bond acceptors (Lipinski definition) is 6. The molecule has 0 bridgehead atoms. The van der Waals surface area contributed by atoms with Gasteiger partial charge in [0.15, 0.2) is 17.1 Å². The van der Waals surface area contributed by atoms with Crippen molar-refractivity contribution in [1.29, 1.82) is 5.26 Å². The lowest BCUT2D eigenvalue weighted by Gasteiger charge is -2.13. The van der Waals surface area contributed by atoms with Gasteiger partial charge < -0.3 is 14.8 Å². The van der Waals surface area contributed by atoms with Gasteiger partial charge in [0.05, 0.1) is 30.5 Å². The van der Waals surface area contributed by atoms with Crippen molar-refractivity contribution in [2.24, 2.45) is 0 Å². The van der Waals surface area contributed by atoms with Crippen LogP contribution in [0.3, 0.4) is 0 Å². The maximum absolute atomic E-state index is 13.6. The zero-order chi connectivity index (χ0) is 26.4. The van der Waals surface area contributed by atoms with E-state index >= 15 is 0 Å². The predicted octanol–water partition coefficient (Wildman–Crippen LogP) is 3.30. The molecule has 1 N–H and O–H groups in total. The maximum Gasteiger partial charge on any atom is 0.273 e. The summed E-state index contributed by atoms with van der Waals surface area (Å²) in [6.07, 6.45) is 1.71. The van der Waals surface area contributed by atoms with Gasteiger partial charge in [-0.05, 0) is 48.4 Å². The molecule has 1 amide bonds. The number of carbonyl (C=O) groups is 1. The summed E-state index contributed by atoms with van der Waals surface area (Å²) in [7, 11) is 3.09. The standard InChI is InChI=1S/C29H25N3O4S/c1-19(21-10-6-4-7-11-21)31-27(33)23(18-30)29-32(22-12-8-5-9-13-22)28(34)26(37-29)17-20-14-15-24(35-2)25(16-20)36-3/h4-17,19H,1-3H3,(H,31,33)/b26-17+,29-23-. The number of nitrogens with zero attached hydrogens (tertiary/aromatic N) is 2. The van der Waals surface area contributed by atoms with Crippen molar-refractivity contribution in [3.8, 4) is 23.3 Å². The molecule has 0 aliphatic carbocycles. The van der Waals surface area contributed by atoms with Crippen LogP contribution in [0.15, 0.2) is 83.7 Å². The normalized spacial score (nSPS) is 12.9. The van der Waals surface area contributed by atoms with Gasteiger partial charge in [0.25, 0.3) is 11.5 Å². The average Bonchev–Trinajstić information content (AvgIpc) is 3.24. The fraction of sp³-hybridized carbons (Fsp3) is 0.138. The Kier molecular flexibility index (Phi) is 7.86. The zero-order valence-electron chi connectivity index (χ0n) is 20.6. The van der Waals surface area contributed by atoms with Crippen molar-refractivity contribution >= 4 is 28.9 Å². The third kappa shape index (κ3) is 5.47. The molecular weight excluding hydrogens is 486 g/mol. The first kappa shape index (κ1) is 25.5. The first-order valence-electron chi connectivity index (χ1n) is 11.5. The molecule has 7 nitrogen and oxygen atoms in total. The highest BCUT2D eigenvalue weighted by Gasteiger charge is 2.19. The number of aromatic nitrogens is 1. The van der Waals surface area contributed by atoms with E-state index in [0.717, 1.165) is 16.9 Å². The Morgan fingerprint density at radius 2 is 1.65 bits per heavy atom. The largest absolute Gasteiger partial charge is 0.493 e. The number of para-hydroxylation sites is 1. The highest BCUT2D eigenvalue weighted by Crippen LogP contribution is 2.27. The monoisotopic (exact) mass is 511 g/mol. The van der Waals surface area contributed by atoms with Crippen LogP contribution in [0.25, 0.3) is 17.3 Å². The summed E-state index contributed by atoms with van der Waals surface area (Å²) < 4.78 is 12.7. The van der Waals surface area contributed by atoms with E-state index in [1.165, 1.54) is 11.7 Å². The second-order valence-corrected chi connectivity index (χ2v) is 9.13. The number of nitriles is 1. The van der Waals surface area contributed by atoms with E-state index < -0.39 is 5.91 Å². The van der Waals surface area contributed by atoms with Gasteiger partial charge in [-0.2, -0.15) is 5.26 Å². The zero-order valence-corrected chi connectivity index (χ0v) is 21.4. The van der Waals surface area contributed by atoms with Crippen molar-refractivity contribution in [3.63, 3.8) is 0 Å². The molecule has 8 heteroatoms. The van der Waals surface area contributed by atoms with E-state index in [0.29, 0.717) is 27.3 Å². The Morgan fingerprint density at radius 3 is 2.27 bits per heavy atom. The minimum absolute atomic E-state index is 0.138. The second-order valence-electron chi connectivity index (χ2n) is 8.10. The van der Waals surface area contributed by atoms with Crippen molar-refractivity contribution in [2.75, 3.05) is 14.2 Å². The van der Waals surface area contributed by atoms with E-state index in [9.17, 15) is 14.9 Å². The Labute approximate surface area is 218 Å². The van der Waals surface area contributed by atoms with Crippen LogP contribution in [-0.4, -0.2) is 24.7 Å². The van der Waals surface area contributed by atoms with Gasteiger partial charge in [-0.25, -0.2) is 0 Å². The predicted molar refractivity (Wildman–Crippen MR) is 144 cm³/mol. The molecule has 0 aliphatic heterocycles. The number of nitrogens with one attached hydrogen (secondary N) is 1. The number of benzene rings is 3. The van der Waals surface area contributed by atoms with Crippen LogP contribution in [0.5, 0.6) is 11.5 Å². The SMILES string of the molecule is COc1ccc(/C=c2/s/c(=C(/C#N)C(=O)NC(C)c3ccccc3)n(-c3ccccc3)c2=O)cc1OC. The maximum atomic E-state index is 13.6. The van der Waals surface area contributed by atoms with E-state index in [-0.39, 0.29) is 21.8 Å². The molecule has 1 heterocycles. The number of hydrogen-bond donors (Lipinski definition) is 1. The third-order valence-electron chi connectivity index (χ3n) is 5.74. The molecule has 0 saturated heterocycles. The molecule has 0 radical (unpaired) electrons. The Morgan fingerprint density at radius 1 is 1.00 bits per heavy atom. The molecule has 3 aromatic carbocycles. The summed E-state index contributed by atoms with van der Waals surface area (Å²) >= 11 is 1.09.